The molecule has 0 radical (unpaired) electrons. The molecule has 1 atom stereocenters. The van der Waals surface area contributed by atoms with E-state index in [1.165, 1.54) is 5.56 Å². The highest BCUT2D eigenvalue weighted by atomic mass is 15.0. The van der Waals surface area contributed by atoms with Gasteiger partial charge in [-0.25, -0.2) is 4.98 Å². The topological polar surface area (TPSA) is 53.6 Å². The van der Waals surface area contributed by atoms with Gasteiger partial charge in [-0.1, -0.05) is 6.07 Å². The summed E-state index contributed by atoms with van der Waals surface area (Å²) < 4.78 is 0. The van der Waals surface area contributed by atoms with E-state index in [1.54, 1.807) is 12.4 Å². The number of imidazole rings is 1. The van der Waals surface area contributed by atoms with E-state index in [0.717, 1.165) is 12.4 Å². The monoisotopic (exact) mass is 202 g/mol. The first-order chi connectivity index (χ1) is 7.36. The largest absolute Gasteiger partial charge is 0.348 e. The van der Waals surface area contributed by atoms with Gasteiger partial charge in [0.2, 0.25) is 0 Å². The predicted molar refractivity (Wildman–Crippen MR) is 58.1 cm³/mol. The molecule has 15 heavy (non-hydrogen) atoms. The number of aromatic amines is 1. The average Bonchev–Trinajstić information content (AvgIpc) is 2.80. The van der Waals surface area contributed by atoms with Crippen LogP contribution in [-0.2, 0) is 6.54 Å². The Morgan fingerprint density at radius 1 is 1.47 bits per heavy atom. The fourth-order valence-electron chi connectivity index (χ4n) is 1.39. The number of rotatable bonds is 4. The van der Waals surface area contributed by atoms with E-state index >= 15 is 0 Å². The maximum absolute atomic E-state index is 4.15. The van der Waals surface area contributed by atoms with Gasteiger partial charge in [0.1, 0.15) is 5.82 Å². The number of aromatic nitrogens is 3. The Hall–Kier alpha value is -1.68. The second kappa shape index (κ2) is 4.70. The minimum absolute atomic E-state index is 0.281. The molecule has 0 aromatic carbocycles. The molecule has 2 N–H and O–H groups in total. The molecule has 1 unspecified atom stereocenters. The molecule has 4 nitrogen and oxygen atoms in total. The van der Waals surface area contributed by atoms with Crippen LogP contribution in [0.15, 0.2) is 36.9 Å². The Morgan fingerprint density at radius 2 is 2.40 bits per heavy atom. The van der Waals surface area contributed by atoms with Gasteiger partial charge in [0, 0.05) is 30.8 Å². The minimum Gasteiger partial charge on any atom is -0.348 e. The lowest BCUT2D eigenvalue weighted by Gasteiger charge is -2.12. The van der Waals surface area contributed by atoms with E-state index in [9.17, 15) is 0 Å². The summed E-state index contributed by atoms with van der Waals surface area (Å²) in [7, 11) is 0. The van der Waals surface area contributed by atoms with Crippen molar-refractivity contribution in [1.82, 2.24) is 20.3 Å². The second-order valence-corrected chi connectivity index (χ2v) is 3.42. The number of hydrogen-bond acceptors (Lipinski definition) is 3. The van der Waals surface area contributed by atoms with E-state index in [4.69, 9.17) is 0 Å². The lowest BCUT2D eigenvalue weighted by molar-refractivity contribution is 0.560. The molecule has 0 aliphatic carbocycles. The van der Waals surface area contributed by atoms with Crippen LogP contribution in [0.1, 0.15) is 24.4 Å². The van der Waals surface area contributed by atoms with Crippen LogP contribution in [0.4, 0.5) is 0 Å². The van der Waals surface area contributed by atoms with Gasteiger partial charge in [0.05, 0.1) is 6.54 Å². The van der Waals surface area contributed by atoms with Crippen LogP contribution in [0.3, 0.4) is 0 Å². The first kappa shape index (κ1) is 9.86. The number of nitrogens with one attached hydrogen (secondary N) is 2. The van der Waals surface area contributed by atoms with Crippen LogP contribution in [0.25, 0.3) is 0 Å². The summed E-state index contributed by atoms with van der Waals surface area (Å²) in [6.07, 6.45) is 7.24. The Bertz CT molecular complexity index is 382. The summed E-state index contributed by atoms with van der Waals surface area (Å²) in [6, 6.07) is 4.29. The van der Waals surface area contributed by atoms with Crippen LogP contribution in [0.2, 0.25) is 0 Å². The Kier molecular flexibility index (Phi) is 3.09. The van der Waals surface area contributed by atoms with Crippen molar-refractivity contribution in [2.75, 3.05) is 0 Å². The van der Waals surface area contributed by atoms with Gasteiger partial charge in [-0.15, -0.1) is 0 Å². The smallest absolute Gasteiger partial charge is 0.120 e. The van der Waals surface area contributed by atoms with Crippen LogP contribution >= 0.6 is 0 Å². The zero-order valence-electron chi connectivity index (χ0n) is 8.64. The zero-order chi connectivity index (χ0) is 10.5. The predicted octanol–water partition coefficient (Wildman–Crippen LogP) is 1.66. The molecule has 0 aliphatic rings. The summed E-state index contributed by atoms with van der Waals surface area (Å²) in [5.74, 6) is 0.950. The first-order valence-corrected chi connectivity index (χ1v) is 4.98. The SMILES string of the molecule is CC(NCc1ncc[nH]1)c1cccnc1. The Morgan fingerprint density at radius 3 is 3.07 bits per heavy atom. The van der Waals surface area contributed by atoms with Crippen molar-refractivity contribution in [3.05, 3.63) is 48.3 Å². The molecule has 0 saturated carbocycles. The highest BCUT2D eigenvalue weighted by Gasteiger charge is 2.04. The lowest BCUT2D eigenvalue weighted by Crippen LogP contribution is -2.18. The lowest BCUT2D eigenvalue weighted by atomic mass is 10.1. The van der Waals surface area contributed by atoms with Crippen molar-refractivity contribution in [1.29, 1.82) is 0 Å². The molecule has 2 aromatic heterocycles. The van der Waals surface area contributed by atoms with Gasteiger partial charge in [0.25, 0.3) is 0 Å². The van der Waals surface area contributed by atoms with Gasteiger partial charge in [-0.3, -0.25) is 4.98 Å². The molecule has 0 spiro atoms. The maximum atomic E-state index is 4.15. The fraction of sp³-hybridized carbons (Fsp3) is 0.273. The molecule has 0 fully saturated rings. The third-order valence-electron chi connectivity index (χ3n) is 2.31. The molecular weight excluding hydrogens is 188 g/mol. The van der Waals surface area contributed by atoms with Gasteiger partial charge in [-0.2, -0.15) is 0 Å². The van der Waals surface area contributed by atoms with E-state index in [2.05, 4.69) is 33.3 Å². The fourth-order valence-corrected chi connectivity index (χ4v) is 1.39. The maximum Gasteiger partial charge on any atom is 0.120 e. The van der Waals surface area contributed by atoms with E-state index in [0.29, 0.717) is 0 Å². The zero-order valence-corrected chi connectivity index (χ0v) is 8.64. The number of H-pyrrole nitrogens is 1. The van der Waals surface area contributed by atoms with E-state index < -0.39 is 0 Å². The third-order valence-corrected chi connectivity index (χ3v) is 2.31. The minimum atomic E-state index is 0.281. The summed E-state index contributed by atoms with van der Waals surface area (Å²) in [5, 5.41) is 3.37. The number of hydrogen-bond donors (Lipinski definition) is 2. The molecule has 0 bridgehead atoms. The molecule has 2 aromatic rings. The van der Waals surface area contributed by atoms with Crippen LogP contribution in [0.5, 0.6) is 0 Å². The van der Waals surface area contributed by atoms with E-state index in [-0.39, 0.29) is 6.04 Å². The van der Waals surface area contributed by atoms with Crippen molar-refractivity contribution < 1.29 is 0 Å². The van der Waals surface area contributed by atoms with Crippen molar-refractivity contribution in [2.45, 2.75) is 19.5 Å². The van der Waals surface area contributed by atoms with Gasteiger partial charge < -0.3 is 10.3 Å². The molecule has 0 saturated heterocycles. The van der Waals surface area contributed by atoms with Crippen LogP contribution in [0, 0.1) is 0 Å². The quantitative estimate of drug-likeness (QED) is 0.792. The van der Waals surface area contributed by atoms with Crippen molar-refractivity contribution in [3.63, 3.8) is 0 Å². The average molecular weight is 202 g/mol. The summed E-state index contributed by atoms with van der Waals surface area (Å²) >= 11 is 0. The molecule has 2 heterocycles. The third kappa shape index (κ3) is 2.63. The van der Waals surface area contributed by atoms with Crippen LogP contribution in [-0.4, -0.2) is 15.0 Å². The van der Waals surface area contributed by atoms with Gasteiger partial charge in [-0.05, 0) is 18.6 Å². The molecular formula is C11H14N4. The van der Waals surface area contributed by atoms with Crippen LogP contribution < -0.4 is 5.32 Å². The van der Waals surface area contributed by atoms with Gasteiger partial charge >= 0.3 is 0 Å². The van der Waals surface area contributed by atoms with Gasteiger partial charge in [0.15, 0.2) is 0 Å². The molecule has 0 amide bonds. The number of nitrogens with zero attached hydrogens (tertiary/aromatic N) is 2. The summed E-state index contributed by atoms with van der Waals surface area (Å²) in [5.41, 5.74) is 1.18. The molecule has 4 heteroatoms. The highest BCUT2D eigenvalue weighted by molar-refractivity contribution is 5.12. The molecule has 2 rings (SSSR count). The van der Waals surface area contributed by atoms with Crippen molar-refractivity contribution in [3.8, 4) is 0 Å². The summed E-state index contributed by atoms with van der Waals surface area (Å²) in [4.78, 5) is 11.3. The second-order valence-electron chi connectivity index (χ2n) is 3.42. The highest BCUT2D eigenvalue weighted by Crippen LogP contribution is 2.09. The molecule has 78 valence electrons. The molecule has 0 aliphatic heterocycles. The van der Waals surface area contributed by atoms with Crippen molar-refractivity contribution >= 4 is 0 Å². The first-order valence-electron chi connectivity index (χ1n) is 4.98. The Balaban J connectivity index is 1.90. The summed E-state index contributed by atoms with van der Waals surface area (Å²) in [6.45, 7) is 2.85. The standard InChI is InChI=1S/C11H14N4/c1-9(10-3-2-4-12-7-10)15-8-11-13-5-6-14-11/h2-7,9,15H,8H2,1H3,(H,13,14). The van der Waals surface area contributed by atoms with E-state index in [1.807, 2.05) is 18.5 Å². The van der Waals surface area contributed by atoms with Crippen molar-refractivity contribution in [2.24, 2.45) is 0 Å². The normalized spacial score (nSPS) is 12.6. The Labute approximate surface area is 88.8 Å². The number of pyridine rings is 1.